The van der Waals surface area contributed by atoms with Gasteiger partial charge in [0.1, 0.15) is 0 Å². The van der Waals surface area contributed by atoms with E-state index in [1.807, 2.05) is 11.3 Å². The summed E-state index contributed by atoms with van der Waals surface area (Å²) in [6.45, 7) is 4.78. The number of hydrogen-bond acceptors (Lipinski definition) is 4. The van der Waals surface area contributed by atoms with Crippen LogP contribution in [0.1, 0.15) is 12.8 Å². The van der Waals surface area contributed by atoms with Crippen LogP contribution in [0.25, 0.3) is 10.2 Å². The van der Waals surface area contributed by atoms with Crippen LogP contribution in [0.3, 0.4) is 0 Å². The van der Waals surface area contributed by atoms with Crippen LogP contribution in [0.4, 0.5) is 5.13 Å². The Hall–Kier alpha value is -1.13. The molecule has 3 nitrogen and oxygen atoms in total. The van der Waals surface area contributed by atoms with E-state index in [1.54, 1.807) is 0 Å². The summed E-state index contributed by atoms with van der Waals surface area (Å²) in [6, 6.07) is 8.43. The number of piperidine rings is 1. The Balaban J connectivity index is 1.55. The predicted molar refractivity (Wildman–Crippen MR) is 76.4 cm³/mol. The van der Waals surface area contributed by atoms with Gasteiger partial charge in [-0.3, -0.25) is 0 Å². The molecule has 2 fully saturated rings. The molecule has 0 aliphatic carbocycles. The highest BCUT2D eigenvalue weighted by Crippen LogP contribution is 2.43. The summed E-state index contributed by atoms with van der Waals surface area (Å²) in [5, 5.41) is 4.66. The molecule has 1 aromatic heterocycles. The molecule has 0 radical (unpaired) electrons. The fraction of sp³-hybridized carbons (Fsp3) is 0.500. The Morgan fingerprint density at radius 1 is 1.17 bits per heavy atom. The van der Waals surface area contributed by atoms with Gasteiger partial charge < -0.3 is 10.2 Å². The third-order valence-electron chi connectivity index (χ3n) is 4.27. The van der Waals surface area contributed by atoms with E-state index in [9.17, 15) is 0 Å². The van der Waals surface area contributed by atoms with Gasteiger partial charge >= 0.3 is 0 Å². The van der Waals surface area contributed by atoms with E-state index in [-0.39, 0.29) is 0 Å². The quantitative estimate of drug-likeness (QED) is 0.853. The fourth-order valence-electron chi connectivity index (χ4n) is 3.17. The number of fused-ring (bicyclic) bond motifs is 1. The zero-order chi connectivity index (χ0) is 12.0. The van der Waals surface area contributed by atoms with Crippen molar-refractivity contribution in [3.8, 4) is 0 Å². The molecule has 18 heavy (non-hydrogen) atoms. The van der Waals surface area contributed by atoms with Crippen molar-refractivity contribution in [3.63, 3.8) is 0 Å². The van der Waals surface area contributed by atoms with Crippen molar-refractivity contribution in [1.82, 2.24) is 10.3 Å². The Kier molecular flexibility index (Phi) is 2.35. The summed E-state index contributed by atoms with van der Waals surface area (Å²) < 4.78 is 1.30. The third kappa shape index (κ3) is 1.63. The molecule has 0 atom stereocenters. The second-order valence-electron chi connectivity index (χ2n) is 5.57. The summed E-state index contributed by atoms with van der Waals surface area (Å²) in [5.41, 5.74) is 1.73. The minimum absolute atomic E-state index is 0.586. The van der Waals surface area contributed by atoms with Gasteiger partial charge in [-0.25, -0.2) is 4.98 Å². The molecule has 4 heteroatoms. The van der Waals surface area contributed by atoms with Gasteiger partial charge in [-0.05, 0) is 38.1 Å². The first kappa shape index (κ1) is 10.8. The van der Waals surface area contributed by atoms with Gasteiger partial charge in [0.2, 0.25) is 0 Å². The molecule has 1 spiro atoms. The molecule has 94 valence electrons. The molecule has 0 unspecified atom stereocenters. The Bertz CT molecular complexity index is 530. The molecule has 1 aromatic carbocycles. The zero-order valence-corrected chi connectivity index (χ0v) is 11.2. The molecule has 0 saturated carbocycles. The molecule has 2 aromatic rings. The van der Waals surface area contributed by atoms with Crippen LogP contribution in [-0.2, 0) is 0 Å². The van der Waals surface area contributed by atoms with Gasteiger partial charge in [-0.2, -0.15) is 0 Å². The third-order valence-corrected chi connectivity index (χ3v) is 5.37. The minimum Gasteiger partial charge on any atom is -0.347 e. The monoisotopic (exact) mass is 259 g/mol. The standard InChI is InChI=1S/C14H17N3S/c1-2-4-12-11(3-1)16-13(18-12)17-9-14(10-17)5-7-15-8-6-14/h1-4,15H,5-10H2. The lowest BCUT2D eigenvalue weighted by atomic mass is 9.73. The van der Waals surface area contributed by atoms with Crippen molar-refractivity contribution in [2.45, 2.75) is 12.8 Å². The number of anilines is 1. The van der Waals surface area contributed by atoms with Crippen LogP contribution < -0.4 is 10.2 Å². The normalized spacial score (nSPS) is 22.3. The van der Waals surface area contributed by atoms with Gasteiger partial charge in [0, 0.05) is 18.5 Å². The lowest BCUT2D eigenvalue weighted by molar-refractivity contribution is 0.150. The lowest BCUT2D eigenvalue weighted by Gasteiger charge is -2.52. The SMILES string of the molecule is c1ccc2sc(N3CC4(CCNCC4)C3)nc2c1. The van der Waals surface area contributed by atoms with Crippen LogP contribution in [0, 0.1) is 5.41 Å². The smallest absolute Gasteiger partial charge is 0.186 e. The highest BCUT2D eigenvalue weighted by Gasteiger charge is 2.44. The van der Waals surface area contributed by atoms with Crippen molar-refractivity contribution in [2.24, 2.45) is 5.41 Å². The van der Waals surface area contributed by atoms with E-state index in [0.717, 1.165) is 5.52 Å². The maximum absolute atomic E-state index is 4.74. The molecule has 0 bridgehead atoms. The van der Waals surface area contributed by atoms with Crippen molar-refractivity contribution >= 4 is 26.7 Å². The zero-order valence-electron chi connectivity index (χ0n) is 10.4. The maximum Gasteiger partial charge on any atom is 0.186 e. The van der Waals surface area contributed by atoms with E-state index >= 15 is 0 Å². The lowest BCUT2D eigenvalue weighted by Crippen LogP contribution is -2.60. The van der Waals surface area contributed by atoms with Crippen LogP contribution >= 0.6 is 11.3 Å². The van der Waals surface area contributed by atoms with Crippen LogP contribution in [-0.4, -0.2) is 31.2 Å². The van der Waals surface area contributed by atoms with Crippen molar-refractivity contribution in [3.05, 3.63) is 24.3 Å². The minimum atomic E-state index is 0.586. The van der Waals surface area contributed by atoms with Gasteiger partial charge in [-0.1, -0.05) is 23.5 Å². The largest absolute Gasteiger partial charge is 0.347 e. The Morgan fingerprint density at radius 3 is 2.72 bits per heavy atom. The number of para-hydroxylation sites is 1. The molecule has 2 aliphatic heterocycles. The summed E-state index contributed by atoms with van der Waals surface area (Å²) in [6.07, 6.45) is 2.66. The predicted octanol–water partition coefficient (Wildman–Crippen LogP) is 2.49. The number of thiazole rings is 1. The summed E-state index contributed by atoms with van der Waals surface area (Å²) in [5.74, 6) is 0. The number of hydrogen-bond donors (Lipinski definition) is 1. The van der Waals surface area contributed by atoms with Gasteiger partial charge in [0.05, 0.1) is 10.2 Å². The molecule has 1 N–H and O–H groups in total. The average molecular weight is 259 g/mol. The number of nitrogens with zero attached hydrogens (tertiary/aromatic N) is 2. The van der Waals surface area contributed by atoms with Crippen molar-refractivity contribution in [2.75, 3.05) is 31.1 Å². The highest BCUT2D eigenvalue weighted by atomic mass is 32.1. The van der Waals surface area contributed by atoms with Crippen LogP contribution in [0.2, 0.25) is 0 Å². The summed E-state index contributed by atoms with van der Waals surface area (Å²) in [4.78, 5) is 7.20. The molecule has 0 amide bonds. The molecule has 4 rings (SSSR count). The van der Waals surface area contributed by atoms with E-state index in [4.69, 9.17) is 4.98 Å². The molecular weight excluding hydrogens is 242 g/mol. The van der Waals surface area contributed by atoms with E-state index in [1.165, 1.54) is 48.9 Å². The van der Waals surface area contributed by atoms with Crippen LogP contribution in [0.5, 0.6) is 0 Å². The first-order valence-electron chi connectivity index (χ1n) is 6.66. The number of rotatable bonds is 1. The van der Waals surface area contributed by atoms with Crippen molar-refractivity contribution < 1.29 is 0 Å². The number of aromatic nitrogens is 1. The van der Waals surface area contributed by atoms with E-state index < -0.39 is 0 Å². The Labute approximate surface area is 111 Å². The maximum atomic E-state index is 4.74. The second-order valence-corrected chi connectivity index (χ2v) is 6.58. The summed E-state index contributed by atoms with van der Waals surface area (Å²) in [7, 11) is 0. The molecule has 2 aliphatic rings. The highest BCUT2D eigenvalue weighted by molar-refractivity contribution is 7.22. The topological polar surface area (TPSA) is 28.2 Å². The molecule has 2 saturated heterocycles. The van der Waals surface area contributed by atoms with Gasteiger partial charge in [0.25, 0.3) is 0 Å². The van der Waals surface area contributed by atoms with Gasteiger partial charge in [0.15, 0.2) is 5.13 Å². The second kappa shape index (κ2) is 3.93. The van der Waals surface area contributed by atoms with E-state index in [0.29, 0.717) is 5.41 Å². The van der Waals surface area contributed by atoms with Gasteiger partial charge in [-0.15, -0.1) is 0 Å². The van der Waals surface area contributed by atoms with Crippen molar-refractivity contribution in [1.29, 1.82) is 0 Å². The summed E-state index contributed by atoms with van der Waals surface area (Å²) >= 11 is 1.83. The van der Waals surface area contributed by atoms with E-state index in [2.05, 4.69) is 34.5 Å². The molecular formula is C14H17N3S. The first-order valence-corrected chi connectivity index (χ1v) is 7.48. The van der Waals surface area contributed by atoms with Crippen LogP contribution in [0.15, 0.2) is 24.3 Å². The fourth-order valence-corrected chi connectivity index (χ4v) is 4.13. The molecule has 3 heterocycles. The average Bonchev–Trinajstić information content (AvgIpc) is 2.80. The first-order chi connectivity index (χ1) is 8.85. The number of nitrogens with one attached hydrogen (secondary N) is 1. The number of benzene rings is 1. The Morgan fingerprint density at radius 2 is 1.94 bits per heavy atom.